The van der Waals surface area contributed by atoms with Gasteiger partial charge in [0.25, 0.3) is 0 Å². The molecule has 1 nitrogen and oxygen atoms in total. The van der Waals surface area contributed by atoms with E-state index in [1.165, 1.54) is 32.8 Å². The average Bonchev–Trinajstić information content (AvgIpc) is 2.77. The number of anilines is 1. The third-order valence-corrected chi connectivity index (χ3v) is 4.88. The zero-order valence-electron chi connectivity index (χ0n) is 11.7. The predicted octanol–water partition coefficient (Wildman–Crippen LogP) is 4.87. The molecule has 0 bridgehead atoms. The summed E-state index contributed by atoms with van der Waals surface area (Å²) in [5, 5.41) is 3.74. The average molecular weight is 269 g/mol. The summed E-state index contributed by atoms with van der Waals surface area (Å²) >= 11 is 1.95. The van der Waals surface area contributed by atoms with Gasteiger partial charge in [-0.3, -0.25) is 0 Å². The second-order valence-electron chi connectivity index (χ2n) is 5.32. The van der Waals surface area contributed by atoms with E-state index in [1.807, 2.05) is 11.8 Å². The van der Waals surface area contributed by atoms with Crippen molar-refractivity contribution in [2.45, 2.75) is 31.7 Å². The first kappa shape index (κ1) is 12.6. The number of nitrogens with one attached hydrogen (secondary N) is 1. The van der Waals surface area contributed by atoms with Gasteiger partial charge in [0.1, 0.15) is 0 Å². The van der Waals surface area contributed by atoms with Crippen molar-refractivity contribution in [2.24, 2.45) is 0 Å². The van der Waals surface area contributed by atoms with Crippen molar-refractivity contribution in [3.05, 3.63) is 58.7 Å². The highest BCUT2D eigenvalue weighted by Crippen LogP contribution is 2.40. The number of fused-ring (bicyclic) bond motifs is 1. The Balaban J connectivity index is 1.92. The number of hydrogen-bond acceptors (Lipinski definition) is 2. The summed E-state index contributed by atoms with van der Waals surface area (Å²) in [4.78, 5) is 1.42. The van der Waals surface area contributed by atoms with Gasteiger partial charge in [-0.1, -0.05) is 35.9 Å². The van der Waals surface area contributed by atoms with Gasteiger partial charge in [-0.25, -0.2) is 0 Å². The summed E-state index contributed by atoms with van der Waals surface area (Å²) in [6.07, 6.45) is 0. The second-order valence-corrected chi connectivity index (χ2v) is 6.38. The first-order valence-corrected chi connectivity index (χ1v) is 7.70. The SMILES string of the molecule is Cc1cc(C)c(NC2CSc3ccccc32)c(C)c1. The minimum absolute atomic E-state index is 0.432. The van der Waals surface area contributed by atoms with Crippen molar-refractivity contribution >= 4 is 17.4 Å². The highest BCUT2D eigenvalue weighted by molar-refractivity contribution is 7.99. The Bertz CT molecular complexity index is 595. The van der Waals surface area contributed by atoms with Crippen molar-refractivity contribution in [3.8, 4) is 0 Å². The van der Waals surface area contributed by atoms with Crippen molar-refractivity contribution in [1.82, 2.24) is 0 Å². The van der Waals surface area contributed by atoms with Crippen LogP contribution < -0.4 is 5.32 Å². The molecule has 0 spiro atoms. The Morgan fingerprint density at radius 2 is 1.74 bits per heavy atom. The fraction of sp³-hybridized carbons (Fsp3) is 0.294. The minimum Gasteiger partial charge on any atom is -0.377 e. The monoisotopic (exact) mass is 269 g/mol. The third kappa shape index (κ3) is 2.37. The summed E-state index contributed by atoms with van der Waals surface area (Å²) in [7, 11) is 0. The van der Waals surface area contributed by atoms with Gasteiger partial charge in [0.2, 0.25) is 0 Å². The van der Waals surface area contributed by atoms with Crippen LogP contribution in [0.1, 0.15) is 28.3 Å². The molecule has 1 unspecified atom stereocenters. The summed E-state index contributed by atoms with van der Waals surface area (Å²) in [6.45, 7) is 6.54. The normalized spacial score (nSPS) is 17.3. The molecule has 3 rings (SSSR count). The summed E-state index contributed by atoms with van der Waals surface area (Å²) in [5.41, 5.74) is 6.75. The lowest BCUT2D eigenvalue weighted by molar-refractivity contribution is 0.895. The van der Waals surface area contributed by atoms with Crippen LogP contribution in [0, 0.1) is 20.8 Å². The standard InChI is InChI=1S/C17H19NS/c1-11-8-12(2)17(13(3)9-11)18-15-10-19-16-7-5-4-6-14(15)16/h4-9,15,18H,10H2,1-3H3. The van der Waals surface area contributed by atoms with Crippen LogP contribution in [0.15, 0.2) is 41.3 Å². The molecule has 1 N–H and O–H groups in total. The quantitative estimate of drug-likeness (QED) is 0.834. The summed E-state index contributed by atoms with van der Waals surface area (Å²) < 4.78 is 0. The molecule has 98 valence electrons. The molecule has 0 radical (unpaired) electrons. The minimum atomic E-state index is 0.432. The van der Waals surface area contributed by atoms with Crippen LogP contribution in [0.5, 0.6) is 0 Å². The lowest BCUT2D eigenvalue weighted by atomic mass is 10.0. The number of hydrogen-bond donors (Lipinski definition) is 1. The molecule has 2 aromatic carbocycles. The summed E-state index contributed by atoms with van der Waals surface area (Å²) in [5.74, 6) is 1.12. The van der Waals surface area contributed by atoms with Crippen LogP contribution in [0.4, 0.5) is 5.69 Å². The third-order valence-electron chi connectivity index (χ3n) is 3.70. The Labute approximate surface area is 119 Å². The second kappa shape index (κ2) is 4.93. The molecule has 0 fully saturated rings. The Morgan fingerprint density at radius 1 is 1.05 bits per heavy atom. The van der Waals surface area contributed by atoms with Crippen LogP contribution >= 0.6 is 11.8 Å². The lowest BCUT2D eigenvalue weighted by Gasteiger charge is -2.19. The molecule has 1 aliphatic heterocycles. The molecule has 0 aliphatic carbocycles. The van der Waals surface area contributed by atoms with Crippen LogP contribution in [0.2, 0.25) is 0 Å². The molecular weight excluding hydrogens is 250 g/mol. The van der Waals surface area contributed by atoms with E-state index in [4.69, 9.17) is 0 Å². The molecule has 2 aromatic rings. The molecule has 0 amide bonds. The predicted molar refractivity (Wildman–Crippen MR) is 84.2 cm³/mol. The first-order valence-electron chi connectivity index (χ1n) is 6.71. The van der Waals surface area contributed by atoms with Gasteiger partial charge >= 0.3 is 0 Å². The molecular formula is C17H19NS. The smallest absolute Gasteiger partial charge is 0.0618 e. The van der Waals surface area contributed by atoms with Gasteiger partial charge in [-0.05, 0) is 43.5 Å². The van der Waals surface area contributed by atoms with Crippen LogP contribution in [0.3, 0.4) is 0 Å². The van der Waals surface area contributed by atoms with Crippen molar-refractivity contribution in [1.29, 1.82) is 0 Å². The zero-order chi connectivity index (χ0) is 13.4. The zero-order valence-corrected chi connectivity index (χ0v) is 12.5. The fourth-order valence-corrected chi connectivity index (χ4v) is 4.02. The van der Waals surface area contributed by atoms with E-state index < -0.39 is 0 Å². The maximum atomic E-state index is 3.74. The molecule has 1 heterocycles. The molecule has 0 aromatic heterocycles. The number of aryl methyl sites for hydroxylation is 3. The van der Waals surface area contributed by atoms with E-state index in [9.17, 15) is 0 Å². The van der Waals surface area contributed by atoms with Crippen LogP contribution in [-0.4, -0.2) is 5.75 Å². The van der Waals surface area contributed by atoms with E-state index in [0.29, 0.717) is 6.04 Å². The van der Waals surface area contributed by atoms with E-state index in [0.717, 1.165) is 5.75 Å². The molecule has 0 saturated heterocycles. The van der Waals surface area contributed by atoms with Gasteiger partial charge < -0.3 is 5.32 Å². The van der Waals surface area contributed by atoms with Gasteiger partial charge in [0.05, 0.1) is 6.04 Å². The topological polar surface area (TPSA) is 12.0 Å². The van der Waals surface area contributed by atoms with Crippen LogP contribution in [0.25, 0.3) is 0 Å². The largest absolute Gasteiger partial charge is 0.377 e. The number of rotatable bonds is 2. The molecule has 1 aliphatic rings. The molecule has 2 heteroatoms. The van der Waals surface area contributed by atoms with Gasteiger partial charge in [-0.2, -0.15) is 0 Å². The number of thioether (sulfide) groups is 1. The fourth-order valence-electron chi connectivity index (χ4n) is 2.86. The van der Waals surface area contributed by atoms with E-state index >= 15 is 0 Å². The molecule has 19 heavy (non-hydrogen) atoms. The molecule has 1 atom stereocenters. The first-order chi connectivity index (χ1) is 9.15. The van der Waals surface area contributed by atoms with E-state index in [2.05, 4.69) is 62.5 Å². The van der Waals surface area contributed by atoms with Gasteiger partial charge in [0, 0.05) is 16.3 Å². The van der Waals surface area contributed by atoms with Crippen molar-refractivity contribution in [3.63, 3.8) is 0 Å². The van der Waals surface area contributed by atoms with Crippen LogP contribution in [-0.2, 0) is 0 Å². The highest BCUT2D eigenvalue weighted by atomic mass is 32.2. The highest BCUT2D eigenvalue weighted by Gasteiger charge is 2.23. The Kier molecular flexibility index (Phi) is 3.28. The van der Waals surface area contributed by atoms with Crippen molar-refractivity contribution < 1.29 is 0 Å². The summed E-state index contributed by atoms with van der Waals surface area (Å²) in [6, 6.07) is 13.7. The maximum Gasteiger partial charge on any atom is 0.0618 e. The van der Waals surface area contributed by atoms with Gasteiger partial charge in [-0.15, -0.1) is 11.8 Å². The van der Waals surface area contributed by atoms with E-state index in [-0.39, 0.29) is 0 Å². The number of benzene rings is 2. The maximum absolute atomic E-state index is 3.74. The Hall–Kier alpha value is -1.41. The van der Waals surface area contributed by atoms with E-state index in [1.54, 1.807) is 0 Å². The lowest BCUT2D eigenvalue weighted by Crippen LogP contribution is -2.11. The Morgan fingerprint density at radius 3 is 2.47 bits per heavy atom. The molecule has 0 saturated carbocycles. The van der Waals surface area contributed by atoms with Crippen molar-refractivity contribution in [2.75, 3.05) is 11.1 Å². The van der Waals surface area contributed by atoms with Gasteiger partial charge in [0.15, 0.2) is 0 Å².